The molecule has 1 aliphatic rings. The van der Waals surface area contributed by atoms with Gasteiger partial charge in [-0.05, 0) is 42.0 Å². The smallest absolute Gasteiger partial charge is 0.300 e. The summed E-state index contributed by atoms with van der Waals surface area (Å²) in [6, 6.07) is 14.1. The summed E-state index contributed by atoms with van der Waals surface area (Å²) in [5, 5.41) is 11.7. The maximum Gasteiger partial charge on any atom is 0.300 e. The minimum absolute atomic E-state index is 0.111. The Labute approximate surface area is 230 Å². The number of nitrogens with zero attached hydrogens (tertiary/aromatic N) is 2. The lowest BCUT2D eigenvalue weighted by Gasteiger charge is -2.26. The predicted molar refractivity (Wildman–Crippen MR) is 148 cm³/mol. The van der Waals surface area contributed by atoms with Crippen molar-refractivity contribution < 1.29 is 28.9 Å². The van der Waals surface area contributed by atoms with Gasteiger partial charge in [0.15, 0.2) is 17.2 Å². The van der Waals surface area contributed by atoms with E-state index in [0.717, 1.165) is 5.69 Å². The van der Waals surface area contributed by atoms with Gasteiger partial charge in [-0.1, -0.05) is 35.3 Å². The Morgan fingerprint density at radius 2 is 1.47 bits per heavy atom. The van der Waals surface area contributed by atoms with Gasteiger partial charge in [0.2, 0.25) is 0 Å². The van der Waals surface area contributed by atoms with Crippen LogP contribution >= 0.6 is 23.2 Å². The molecule has 0 spiro atoms. The van der Waals surface area contributed by atoms with Gasteiger partial charge in [-0.3, -0.25) is 14.5 Å². The van der Waals surface area contributed by atoms with E-state index in [-0.39, 0.29) is 26.9 Å². The van der Waals surface area contributed by atoms with Crippen LogP contribution in [0.2, 0.25) is 10.0 Å². The van der Waals surface area contributed by atoms with Crippen molar-refractivity contribution in [2.45, 2.75) is 6.04 Å². The van der Waals surface area contributed by atoms with Crippen molar-refractivity contribution >= 4 is 52.0 Å². The van der Waals surface area contributed by atoms with Crippen LogP contribution in [-0.4, -0.2) is 52.2 Å². The standard InChI is InChI=1S/C28H26Cl2N2O6/c1-31(2)17-8-6-15(7-9-17)24-23(25(33)16-12-19(29)27(38-5)20(30)13-16)26(34)28(35)32(24)18-10-11-21(36-3)22(14-18)37-4/h6-14,24,33H,1-5H3/b25-23+. The second kappa shape index (κ2) is 10.8. The summed E-state index contributed by atoms with van der Waals surface area (Å²) in [6.07, 6.45) is 0. The number of hydrogen-bond donors (Lipinski definition) is 1. The van der Waals surface area contributed by atoms with Gasteiger partial charge >= 0.3 is 0 Å². The molecule has 0 radical (unpaired) electrons. The lowest BCUT2D eigenvalue weighted by molar-refractivity contribution is -0.132. The zero-order valence-electron chi connectivity index (χ0n) is 21.4. The molecule has 3 aromatic carbocycles. The minimum Gasteiger partial charge on any atom is -0.507 e. The van der Waals surface area contributed by atoms with Crippen LogP contribution in [0.3, 0.4) is 0 Å². The Bertz CT molecular complexity index is 1410. The quantitative estimate of drug-likeness (QED) is 0.226. The predicted octanol–water partition coefficient (Wildman–Crippen LogP) is 5.71. The van der Waals surface area contributed by atoms with Crippen LogP contribution in [0.25, 0.3) is 5.76 Å². The first-order valence-electron chi connectivity index (χ1n) is 11.5. The summed E-state index contributed by atoms with van der Waals surface area (Å²) in [7, 11) is 8.20. The van der Waals surface area contributed by atoms with E-state index < -0.39 is 23.5 Å². The van der Waals surface area contributed by atoms with Gasteiger partial charge in [0, 0.05) is 37.1 Å². The fraction of sp³-hybridized carbons (Fsp3) is 0.214. The number of hydrogen-bond acceptors (Lipinski definition) is 7. The van der Waals surface area contributed by atoms with E-state index in [0.29, 0.717) is 22.7 Å². The molecule has 1 atom stereocenters. The van der Waals surface area contributed by atoms with E-state index >= 15 is 0 Å². The molecule has 1 aliphatic heterocycles. The van der Waals surface area contributed by atoms with E-state index in [1.165, 1.54) is 38.4 Å². The third-order valence-electron chi connectivity index (χ3n) is 6.29. The molecule has 10 heteroatoms. The van der Waals surface area contributed by atoms with Crippen molar-refractivity contribution in [2.24, 2.45) is 0 Å². The summed E-state index contributed by atoms with van der Waals surface area (Å²) in [5.41, 5.74) is 1.97. The van der Waals surface area contributed by atoms with Crippen molar-refractivity contribution in [1.82, 2.24) is 0 Å². The van der Waals surface area contributed by atoms with Crippen LogP contribution in [0.1, 0.15) is 17.2 Å². The lowest BCUT2D eigenvalue weighted by Crippen LogP contribution is -2.29. The molecule has 0 aromatic heterocycles. The van der Waals surface area contributed by atoms with E-state index in [4.69, 9.17) is 37.4 Å². The van der Waals surface area contributed by atoms with Crippen LogP contribution in [0.5, 0.6) is 17.2 Å². The average molecular weight is 557 g/mol. The van der Waals surface area contributed by atoms with E-state index in [2.05, 4.69) is 0 Å². The summed E-state index contributed by atoms with van der Waals surface area (Å²) in [4.78, 5) is 30.2. The molecule has 4 rings (SSSR count). The molecular formula is C28H26Cl2N2O6. The largest absolute Gasteiger partial charge is 0.507 e. The first-order chi connectivity index (χ1) is 18.1. The normalized spacial score (nSPS) is 16.5. The topological polar surface area (TPSA) is 88.5 Å². The molecule has 8 nitrogen and oxygen atoms in total. The van der Waals surface area contributed by atoms with Crippen LogP contribution in [0.15, 0.2) is 60.2 Å². The number of aliphatic hydroxyl groups excluding tert-OH is 1. The maximum atomic E-state index is 13.5. The third kappa shape index (κ3) is 4.73. The number of benzene rings is 3. The van der Waals surface area contributed by atoms with Gasteiger partial charge in [0.05, 0.1) is 43.0 Å². The first kappa shape index (κ1) is 27.2. The van der Waals surface area contributed by atoms with Gasteiger partial charge in [-0.15, -0.1) is 0 Å². The Kier molecular flexibility index (Phi) is 7.76. The number of carbonyl (C=O) groups excluding carboxylic acids is 2. The number of Topliss-reactive ketones (excluding diaryl/α,β-unsaturated/α-hetero) is 1. The molecule has 1 heterocycles. The van der Waals surface area contributed by atoms with Crippen LogP contribution in [0.4, 0.5) is 11.4 Å². The molecule has 1 N–H and O–H groups in total. The fourth-order valence-electron chi connectivity index (χ4n) is 4.39. The highest BCUT2D eigenvalue weighted by Crippen LogP contribution is 2.45. The number of ketones is 1. The molecule has 38 heavy (non-hydrogen) atoms. The molecule has 0 aliphatic carbocycles. The van der Waals surface area contributed by atoms with Crippen LogP contribution < -0.4 is 24.0 Å². The zero-order chi connectivity index (χ0) is 27.7. The molecule has 1 unspecified atom stereocenters. The van der Waals surface area contributed by atoms with Crippen molar-refractivity contribution in [3.63, 3.8) is 0 Å². The number of aliphatic hydroxyl groups is 1. The summed E-state index contributed by atoms with van der Waals surface area (Å²) >= 11 is 12.6. The molecular weight excluding hydrogens is 531 g/mol. The van der Waals surface area contributed by atoms with Crippen molar-refractivity contribution in [3.8, 4) is 17.2 Å². The van der Waals surface area contributed by atoms with Crippen molar-refractivity contribution in [1.29, 1.82) is 0 Å². The third-order valence-corrected chi connectivity index (χ3v) is 6.85. The van der Waals surface area contributed by atoms with Crippen LogP contribution in [-0.2, 0) is 9.59 Å². The SMILES string of the molecule is COc1ccc(N2C(=O)C(=O)/C(=C(/O)c3cc(Cl)c(OC)c(Cl)c3)C2c2ccc(N(C)C)cc2)cc1OC. The van der Waals surface area contributed by atoms with E-state index in [9.17, 15) is 14.7 Å². The molecule has 198 valence electrons. The highest BCUT2D eigenvalue weighted by Gasteiger charge is 2.47. The Hall–Kier alpha value is -3.88. The number of halogens is 2. The van der Waals surface area contributed by atoms with Crippen LogP contribution in [0, 0.1) is 0 Å². The van der Waals surface area contributed by atoms with E-state index in [1.807, 2.05) is 31.1 Å². The van der Waals surface area contributed by atoms with Crippen molar-refractivity contribution in [2.75, 3.05) is 45.2 Å². The van der Waals surface area contributed by atoms with E-state index in [1.54, 1.807) is 30.3 Å². The Balaban J connectivity index is 1.96. The first-order valence-corrected chi connectivity index (χ1v) is 12.2. The molecule has 1 amide bonds. The number of amides is 1. The second-order valence-corrected chi connectivity index (χ2v) is 9.48. The number of rotatable bonds is 7. The number of ether oxygens (including phenoxy) is 3. The van der Waals surface area contributed by atoms with Gasteiger partial charge in [-0.2, -0.15) is 0 Å². The maximum absolute atomic E-state index is 13.5. The minimum atomic E-state index is -0.955. The average Bonchev–Trinajstić information content (AvgIpc) is 3.17. The van der Waals surface area contributed by atoms with Gasteiger partial charge < -0.3 is 24.2 Å². The van der Waals surface area contributed by atoms with Gasteiger partial charge in [-0.25, -0.2) is 0 Å². The van der Waals surface area contributed by atoms with Gasteiger partial charge in [0.25, 0.3) is 11.7 Å². The number of carbonyl (C=O) groups is 2. The van der Waals surface area contributed by atoms with Gasteiger partial charge in [0.1, 0.15) is 5.76 Å². The summed E-state index contributed by atoms with van der Waals surface area (Å²) in [6.45, 7) is 0. The monoisotopic (exact) mass is 556 g/mol. The molecule has 0 saturated carbocycles. The summed E-state index contributed by atoms with van der Waals surface area (Å²) in [5.74, 6) is -1.02. The molecule has 1 fully saturated rings. The molecule has 3 aromatic rings. The molecule has 1 saturated heterocycles. The number of anilines is 2. The van der Waals surface area contributed by atoms with Crippen molar-refractivity contribution in [3.05, 3.63) is 81.3 Å². The Morgan fingerprint density at radius 3 is 2.00 bits per heavy atom. The lowest BCUT2D eigenvalue weighted by atomic mass is 9.94. The summed E-state index contributed by atoms with van der Waals surface area (Å²) < 4.78 is 15.9. The Morgan fingerprint density at radius 1 is 0.868 bits per heavy atom. The highest BCUT2D eigenvalue weighted by molar-refractivity contribution is 6.51. The fourth-order valence-corrected chi connectivity index (χ4v) is 5.03. The zero-order valence-corrected chi connectivity index (χ0v) is 22.9. The number of methoxy groups -OCH3 is 3. The second-order valence-electron chi connectivity index (χ2n) is 8.67. The molecule has 0 bridgehead atoms. The highest BCUT2D eigenvalue weighted by atomic mass is 35.5.